The zero-order valence-electron chi connectivity index (χ0n) is 9.66. The first-order chi connectivity index (χ1) is 9.38. The molecule has 8 heteroatoms. The predicted molar refractivity (Wildman–Crippen MR) is 81.7 cm³/mol. The Bertz CT molecular complexity index is 701. The van der Waals surface area contributed by atoms with Crippen LogP contribution in [-0.4, -0.2) is 15.7 Å². The van der Waals surface area contributed by atoms with E-state index in [2.05, 4.69) is 31.9 Å². The lowest BCUT2D eigenvalue weighted by Crippen LogP contribution is -2.12. The van der Waals surface area contributed by atoms with Crippen LogP contribution in [0.25, 0.3) is 0 Å². The number of hydrogen-bond acceptors (Lipinski definition) is 3. The van der Waals surface area contributed by atoms with Crippen molar-refractivity contribution in [3.05, 3.63) is 49.0 Å². The number of rotatable bonds is 4. The summed E-state index contributed by atoms with van der Waals surface area (Å²) in [5, 5.41) is 0. The fourth-order valence-corrected chi connectivity index (χ4v) is 5.39. The first-order valence-corrected chi connectivity index (χ1v) is 8.92. The van der Waals surface area contributed by atoms with Gasteiger partial charge in [-0.1, -0.05) is 0 Å². The average Bonchev–Trinajstić information content (AvgIpc) is 2.71. The summed E-state index contributed by atoms with van der Waals surface area (Å²) in [4.78, 5) is 11.7. The first-order valence-electron chi connectivity index (χ1n) is 5.20. The van der Waals surface area contributed by atoms with E-state index in [4.69, 9.17) is 0 Å². The number of thiophene rings is 1. The molecule has 0 saturated carbocycles. The van der Waals surface area contributed by atoms with Gasteiger partial charge in [0.25, 0.3) is 0 Å². The van der Waals surface area contributed by atoms with Crippen molar-refractivity contribution in [2.75, 3.05) is 5.75 Å². The number of benzene rings is 1. The highest BCUT2D eigenvalue weighted by Crippen LogP contribution is 2.32. The molecule has 2 rings (SSSR count). The Kier molecular flexibility index (Phi) is 5.22. The van der Waals surface area contributed by atoms with E-state index in [1.807, 2.05) is 0 Å². The molecule has 0 N–H and O–H groups in total. The summed E-state index contributed by atoms with van der Waals surface area (Å²) in [6.07, 6.45) is 0. The third-order valence-electron chi connectivity index (χ3n) is 2.36. The van der Waals surface area contributed by atoms with Crippen molar-refractivity contribution in [2.45, 2.75) is 4.90 Å². The molecule has 0 fully saturated rings. The molecular formula is C12H6Br2F2O2S2. The molecule has 1 heterocycles. The highest BCUT2D eigenvalue weighted by Gasteiger charge is 2.19. The molecule has 1 aromatic carbocycles. The van der Waals surface area contributed by atoms with Gasteiger partial charge in [0.1, 0.15) is 11.6 Å². The minimum Gasteiger partial charge on any atom is -0.293 e. The van der Waals surface area contributed by atoms with Crippen molar-refractivity contribution in [3.63, 3.8) is 0 Å². The summed E-state index contributed by atoms with van der Waals surface area (Å²) in [6, 6.07) is 4.27. The lowest BCUT2D eigenvalue weighted by molar-refractivity contribution is 0.102. The van der Waals surface area contributed by atoms with Gasteiger partial charge in [0, 0.05) is 5.56 Å². The molecule has 0 aliphatic carbocycles. The maximum absolute atomic E-state index is 13.5. The van der Waals surface area contributed by atoms with Gasteiger partial charge in [-0.25, -0.2) is 8.78 Å². The van der Waals surface area contributed by atoms with Crippen molar-refractivity contribution in [1.82, 2.24) is 0 Å². The Hall–Kier alpha value is -0.440. The third kappa shape index (κ3) is 3.60. The van der Waals surface area contributed by atoms with E-state index in [1.54, 1.807) is 6.07 Å². The molecule has 2 nitrogen and oxygen atoms in total. The van der Waals surface area contributed by atoms with E-state index in [0.29, 0.717) is 9.35 Å². The summed E-state index contributed by atoms with van der Waals surface area (Å²) in [5.41, 5.74) is 0.368. The number of carbonyl (C=O) groups excluding carboxylic acids is 1. The summed E-state index contributed by atoms with van der Waals surface area (Å²) in [6.45, 7) is 0. The standard InChI is InChI=1S/C12H6Br2F2O2S2/c13-11-4-7(12(14)19-11)9(17)5-20(18)10-3-6(15)1-2-8(10)16/h1-4H,5H2. The Labute approximate surface area is 136 Å². The van der Waals surface area contributed by atoms with Gasteiger partial charge >= 0.3 is 0 Å². The van der Waals surface area contributed by atoms with Crippen LogP contribution < -0.4 is 0 Å². The molecule has 1 aromatic heterocycles. The second-order valence-corrected chi connectivity index (χ2v) is 8.89. The molecule has 2 aromatic rings. The topological polar surface area (TPSA) is 34.1 Å². The Balaban J connectivity index is 2.21. The smallest absolute Gasteiger partial charge is 0.177 e. The second kappa shape index (κ2) is 6.55. The zero-order chi connectivity index (χ0) is 14.9. The van der Waals surface area contributed by atoms with Crippen LogP contribution in [0.3, 0.4) is 0 Å². The Morgan fingerprint density at radius 1 is 1.25 bits per heavy atom. The molecule has 0 aliphatic rings. The molecule has 0 saturated heterocycles. The molecule has 1 unspecified atom stereocenters. The molecule has 0 radical (unpaired) electrons. The van der Waals surface area contributed by atoms with Gasteiger partial charge in [0.15, 0.2) is 5.78 Å². The van der Waals surface area contributed by atoms with Gasteiger partial charge in [-0.05, 0) is 56.1 Å². The van der Waals surface area contributed by atoms with Crippen LogP contribution in [0, 0.1) is 11.6 Å². The normalized spacial score (nSPS) is 12.4. The van der Waals surface area contributed by atoms with Crippen LogP contribution in [0.1, 0.15) is 10.4 Å². The summed E-state index contributed by atoms with van der Waals surface area (Å²) < 4.78 is 39.8. The van der Waals surface area contributed by atoms with Gasteiger partial charge in [-0.15, -0.1) is 11.3 Å². The van der Waals surface area contributed by atoms with Crippen LogP contribution in [0.15, 0.2) is 36.7 Å². The number of hydrogen-bond donors (Lipinski definition) is 0. The van der Waals surface area contributed by atoms with Crippen LogP contribution in [0.5, 0.6) is 0 Å². The second-order valence-electron chi connectivity index (χ2n) is 3.73. The Morgan fingerprint density at radius 2 is 1.95 bits per heavy atom. The Morgan fingerprint density at radius 3 is 2.55 bits per heavy atom. The van der Waals surface area contributed by atoms with E-state index in [1.165, 1.54) is 11.3 Å². The van der Waals surface area contributed by atoms with Crippen LogP contribution in [0.4, 0.5) is 8.78 Å². The van der Waals surface area contributed by atoms with Gasteiger partial charge < -0.3 is 0 Å². The van der Waals surface area contributed by atoms with Gasteiger partial charge in [-0.2, -0.15) is 0 Å². The number of Topliss-reactive ketones (excluding diaryl/α,β-unsaturated/α-hetero) is 1. The van der Waals surface area contributed by atoms with Crippen molar-refractivity contribution < 1.29 is 17.8 Å². The number of carbonyl (C=O) groups is 1. The van der Waals surface area contributed by atoms with Gasteiger partial charge in [-0.3, -0.25) is 9.00 Å². The van der Waals surface area contributed by atoms with E-state index >= 15 is 0 Å². The minimum absolute atomic E-state index is 0.302. The van der Waals surface area contributed by atoms with Crippen LogP contribution in [0.2, 0.25) is 0 Å². The maximum Gasteiger partial charge on any atom is 0.177 e. The van der Waals surface area contributed by atoms with Crippen molar-refractivity contribution in [3.8, 4) is 0 Å². The first kappa shape index (κ1) is 15.9. The molecule has 0 aliphatic heterocycles. The van der Waals surface area contributed by atoms with Crippen molar-refractivity contribution in [2.24, 2.45) is 0 Å². The lowest BCUT2D eigenvalue weighted by Gasteiger charge is -2.03. The molecule has 0 spiro atoms. The van der Waals surface area contributed by atoms with Crippen molar-refractivity contribution in [1.29, 1.82) is 0 Å². The molecule has 0 amide bonds. The highest BCUT2D eigenvalue weighted by molar-refractivity contribution is 9.12. The highest BCUT2D eigenvalue weighted by atomic mass is 79.9. The van der Waals surface area contributed by atoms with E-state index in [-0.39, 0.29) is 4.90 Å². The van der Waals surface area contributed by atoms with Gasteiger partial charge in [0.05, 0.1) is 29.0 Å². The van der Waals surface area contributed by atoms with E-state index in [0.717, 1.165) is 22.0 Å². The van der Waals surface area contributed by atoms with E-state index in [9.17, 15) is 17.8 Å². The van der Waals surface area contributed by atoms with E-state index < -0.39 is 34.0 Å². The van der Waals surface area contributed by atoms with Crippen LogP contribution >= 0.6 is 43.2 Å². The molecule has 106 valence electrons. The molecule has 1 atom stereocenters. The SMILES string of the molecule is O=C(CS(=O)c1cc(F)ccc1F)c1cc(Br)sc1Br. The molecule has 20 heavy (non-hydrogen) atoms. The molecular weight excluding hydrogens is 438 g/mol. The maximum atomic E-state index is 13.5. The average molecular weight is 444 g/mol. The quantitative estimate of drug-likeness (QED) is 0.650. The largest absolute Gasteiger partial charge is 0.293 e. The van der Waals surface area contributed by atoms with Crippen molar-refractivity contribution >= 4 is 59.8 Å². The summed E-state index contributed by atoms with van der Waals surface area (Å²) >= 11 is 7.76. The summed E-state index contributed by atoms with van der Waals surface area (Å²) in [7, 11) is -1.93. The minimum atomic E-state index is -1.93. The molecule has 0 bridgehead atoms. The number of halogens is 4. The zero-order valence-corrected chi connectivity index (χ0v) is 14.5. The lowest BCUT2D eigenvalue weighted by atomic mass is 10.2. The van der Waals surface area contributed by atoms with Crippen LogP contribution in [-0.2, 0) is 10.8 Å². The summed E-state index contributed by atoms with van der Waals surface area (Å²) in [5.74, 6) is -2.28. The monoisotopic (exact) mass is 442 g/mol. The van der Waals surface area contributed by atoms with Gasteiger partial charge in [0.2, 0.25) is 0 Å². The fraction of sp³-hybridized carbons (Fsp3) is 0.0833. The third-order valence-corrected chi connectivity index (χ3v) is 6.02. The predicted octanol–water partition coefficient (Wildman–Crippen LogP) is 4.54. The fourth-order valence-electron chi connectivity index (χ4n) is 1.46. The number of ketones is 1.